The van der Waals surface area contributed by atoms with Crippen LogP contribution in [0.4, 0.5) is 0 Å². The Labute approximate surface area is 196 Å². The van der Waals surface area contributed by atoms with Crippen LogP contribution in [0.3, 0.4) is 0 Å². The van der Waals surface area contributed by atoms with Crippen LogP contribution >= 0.6 is 23.5 Å². The average molecular weight is 489 g/mol. The first-order valence-corrected chi connectivity index (χ1v) is 11.8. The number of aromatic hydroxyl groups is 1. The summed E-state index contributed by atoms with van der Waals surface area (Å²) in [5, 5.41) is 32.1. The molecule has 2 amide bonds. The van der Waals surface area contributed by atoms with E-state index >= 15 is 0 Å². The van der Waals surface area contributed by atoms with Gasteiger partial charge in [0.2, 0.25) is 5.91 Å². The molecular formula is C20H20N6O5S2. The van der Waals surface area contributed by atoms with Gasteiger partial charge in [-0.25, -0.2) is 4.79 Å². The van der Waals surface area contributed by atoms with Crippen LogP contribution in [-0.2, 0) is 14.4 Å². The quantitative estimate of drug-likeness (QED) is 0.261. The maximum atomic E-state index is 12.8. The number of β-lactam (4-membered cyclic amide) rings is 1. The molecule has 0 saturated carbocycles. The van der Waals surface area contributed by atoms with Crippen LogP contribution < -0.4 is 11.1 Å². The molecule has 0 spiro atoms. The topological polar surface area (TPSA) is 175 Å². The Balaban J connectivity index is 1.42. The molecular weight excluding hydrogens is 468 g/mol. The minimum absolute atomic E-state index is 0.0457. The second-order valence-corrected chi connectivity index (χ2v) is 9.31. The normalized spacial score (nSPS) is 21.0. The summed E-state index contributed by atoms with van der Waals surface area (Å²) in [5.41, 5.74) is 6.89. The molecule has 1 unspecified atom stereocenters. The van der Waals surface area contributed by atoms with E-state index < -0.39 is 35.2 Å². The van der Waals surface area contributed by atoms with Crippen molar-refractivity contribution in [1.29, 1.82) is 0 Å². The fourth-order valence-electron chi connectivity index (χ4n) is 3.43. The number of H-pyrrole nitrogens is 1. The number of nitrogens with zero attached hydrogens (tertiary/aromatic N) is 3. The van der Waals surface area contributed by atoms with Crippen molar-refractivity contribution in [2.24, 2.45) is 5.73 Å². The number of aliphatic carboxylic acids is 1. The van der Waals surface area contributed by atoms with Gasteiger partial charge in [0.1, 0.15) is 33.9 Å². The Bertz CT molecular complexity index is 1120. The molecule has 1 fully saturated rings. The molecule has 13 heteroatoms. The number of fused-ring (bicyclic) bond motifs is 1. The number of phenolic OH excluding ortho intramolecular Hbond substituents is 1. The van der Waals surface area contributed by atoms with Crippen molar-refractivity contribution in [2.75, 3.05) is 11.5 Å². The minimum Gasteiger partial charge on any atom is -0.508 e. The number of hydrogen-bond acceptors (Lipinski definition) is 9. The summed E-state index contributed by atoms with van der Waals surface area (Å²) in [7, 11) is 0. The van der Waals surface area contributed by atoms with Crippen LogP contribution in [0.1, 0.15) is 11.6 Å². The lowest BCUT2D eigenvalue weighted by Crippen LogP contribution is -2.71. The van der Waals surface area contributed by atoms with E-state index in [0.29, 0.717) is 27.7 Å². The van der Waals surface area contributed by atoms with Gasteiger partial charge in [-0.15, -0.1) is 16.9 Å². The predicted molar refractivity (Wildman–Crippen MR) is 121 cm³/mol. The molecule has 2 aromatic rings. The second kappa shape index (κ2) is 9.68. The Kier molecular flexibility index (Phi) is 6.72. The smallest absolute Gasteiger partial charge is 0.352 e. The van der Waals surface area contributed by atoms with Crippen LogP contribution in [0, 0.1) is 0 Å². The number of carboxylic acids is 1. The first kappa shape index (κ1) is 22.9. The molecule has 1 saturated heterocycles. The van der Waals surface area contributed by atoms with Crippen molar-refractivity contribution in [3.63, 3.8) is 0 Å². The molecule has 1 aromatic carbocycles. The molecule has 2 aliphatic rings. The maximum Gasteiger partial charge on any atom is 0.352 e. The van der Waals surface area contributed by atoms with Crippen molar-refractivity contribution in [3.05, 3.63) is 59.4 Å². The van der Waals surface area contributed by atoms with E-state index in [0.717, 1.165) is 0 Å². The molecule has 0 bridgehead atoms. The van der Waals surface area contributed by atoms with Crippen molar-refractivity contribution < 1.29 is 24.6 Å². The lowest BCUT2D eigenvalue weighted by Gasteiger charge is -2.49. The zero-order chi connectivity index (χ0) is 23.5. The second-order valence-electron chi connectivity index (χ2n) is 7.17. The summed E-state index contributed by atoms with van der Waals surface area (Å²) < 4.78 is 0. The zero-order valence-corrected chi connectivity index (χ0v) is 18.7. The number of benzene rings is 1. The number of phenols is 1. The van der Waals surface area contributed by atoms with Crippen LogP contribution in [-0.4, -0.2) is 71.2 Å². The Morgan fingerprint density at radius 3 is 2.82 bits per heavy atom. The fraction of sp³-hybridized carbons (Fsp3) is 0.250. The van der Waals surface area contributed by atoms with Gasteiger partial charge in [-0.05, 0) is 23.3 Å². The number of carbonyl (C=O) groups is 3. The summed E-state index contributed by atoms with van der Waals surface area (Å²) in [6.45, 7) is 0. The highest BCUT2D eigenvalue weighted by Gasteiger charge is 2.54. The van der Waals surface area contributed by atoms with Crippen LogP contribution in [0.2, 0.25) is 0 Å². The van der Waals surface area contributed by atoms with Crippen molar-refractivity contribution in [1.82, 2.24) is 25.6 Å². The number of allylic oxidation sites excluding steroid dienone is 1. The van der Waals surface area contributed by atoms with Crippen LogP contribution in [0.25, 0.3) is 0 Å². The summed E-state index contributed by atoms with van der Waals surface area (Å²) in [6.07, 6.45) is 5.08. The van der Waals surface area contributed by atoms with Crippen molar-refractivity contribution >= 4 is 41.3 Å². The number of nitrogens with one attached hydrogen (secondary N) is 2. The van der Waals surface area contributed by atoms with Gasteiger partial charge in [0, 0.05) is 11.5 Å². The number of nitrogens with two attached hydrogens (primary N) is 1. The number of rotatable bonds is 8. The molecule has 0 aliphatic carbocycles. The largest absolute Gasteiger partial charge is 0.508 e. The highest BCUT2D eigenvalue weighted by molar-refractivity contribution is 8.00. The third-order valence-electron chi connectivity index (χ3n) is 5.07. The lowest BCUT2D eigenvalue weighted by molar-refractivity contribution is -0.150. The first-order valence-electron chi connectivity index (χ1n) is 9.78. The van der Waals surface area contributed by atoms with E-state index in [1.165, 1.54) is 52.7 Å². The average Bonchev–Trinajstić information content (AvgIpc) is 3.33. The lowest BCUT2D eigenvalue weighted by atomic mass is 10.0. The van der Waals surface area contributed by atoms with E-state index in [1.54, 1.807) is 18.3 Å². The van der Waals surface area contributed by atoms with E-state index in [2.05, 4.69) is 20.7 Å². The first-order chi connectivity index (χ1) is 15.9. The third-order valence-corrected chi connectivity index (χ3v) is 7.23. The number of carboxylic acid groups (broad SMARTS) is 1. The number of hydrogen-bond donors (Lipinski definition) is 5. The molecule has 3 atom stereocenters. The molecule has 11 nitrogen and oxygen atoms in total. The molecule has 3 heterocycles. The standard InChI is InChI=1S/C20H20N6O5S2/c21-14(10-3-5-12(27)6-4-10)17(28)23-15-18(29)26-16(20(30)31)11(9-33-19(15)26)2-1-7-32-13-8-22-25-24-13/h1-6,8,14-15,19,27H,7,9,21H2,(H,23,28)(H,30,31)(H,22,24,25)/t14?,15-,19+/m1/s1. The highest BCUT2D eigenvalue weighted by Crippen LogP contribution is 2.40. The van der Waals surface area contributed by atoms with Crippen LogP contribution in [0.15, 0.2) is 58.9 Å². The number of aromatic nitrogens is 3. The monoisotopic (exact) mass is 488 g/mol. The Hall–Kier alpha value is -3.29. The van der Waals surface area contributed by atoms with Crippen molar-refractivity contribution in [2.45, 2.75) is 22.5 Å². The summed E-state index contributed by atoms with van der Waals surface area (Å²) in [6, 6.07) is 3.98. The molecule has 33 heavy (non-hydrogen) atoms. The zero-order valence-electron chi connectivity index (χ0n) is 17.0. The molecule has 172 valence electrons. The summed E-state index contributed by atoms with van der Waals surface area (Å²) in [4.78, 5) is 38.5. The molecule has 2 aliphatic heterocycles. The summed E-state index contributed by atoms with van der Waals surface area (Å²) in [5.74, 6) is -1.29. The molecule has 0 radical (unpaired) electrons. The van der Waals surface area contributed by atoms with Crippen molar-refractivity contribution in [3.8, 4) is 5.75 Å². The van der Waals surface area contributed by atoms with Gasteiger partial charge < -0.3 is 21.3 Å². The van der Waals surface area contributed by atoms with E-state index in [-0.39, 0.29) is 11.4 Å². The van der Waals surface area contributed by atoms with E-state index in [4.69, 9.17) is 5.73 Å². The molecule has 4 rings (SSSR count). The number of thioether (sulfide) groups is 2. The van der Waals surface area contributed by atoms with Gasteiger partial charge in [-0.3, -0.25) is 14.5 Å². The SMILES string of the molecule is NC(C(=O)N[C@@H]1C(=O)N2C(C(=O)O)=C(C=CCSc3cn[nH]n3)CS[C@@H]12)c1ccc(O)cc1. The summed E-state index contributed by atoms with van der Waals surface area (Å²) >= 11 is 2.80. The number of aromatic amines is 1. The maximum absolute atomic E-state index is 12.8. The Morgan fingerprint density at radius 2 is 2.15 bits per heavy atom. The highest BCUT2D eigenvalue weighted by atomic mass is 32.2. The van der Waals surface area contributed by atoms with Gasteiger partial charge in [-0.2, -0.15) is 10.3 Å². The Morgan fingerprint density at radius 1 is 1.39 bits per heavy atom. The van der Waals surface area contributed by atoms with Gasteiger partial charge in [0.25, 0.3) is 5.91 Å². The van der Waals surface area contributed by atoms with Crippen LogP contribution in [0.5, 0.6) is 5.75 Å². The predicted octanol–water partition coefficient (Wildman–Crippen LogP) is 0.597. The molecule has 1 aromatic heterocycles. The number of amides is 2. The van der Waals surface area contributed by atoms with Gasteiger partial charge in [-0.1, -0.05) is 36.0 Å². The van der Waals surface area contributed by atoms with Gasteiger partial charge in [0.05, 0.1) is 6.20 Å². The number of carbonyl (C=O) groups excluding carboxylic acids is 2. The van der Waals surface area contributed by atoms with E-state index in [1.807, 2.05) is 0 Å². The van der Waals surface area contributed by atoms with E-state index in [9.17, 15) is 24.6 Å². The molecule has 6 N–H and O–H groups in total. The van der Waals surface area contributed by atoms with Gasteiger partial charge in [0.15, 0.2) is 0 Å². The van der Waals surface area contributed by atoms with Gasteiger partial charge >= 0.3 is 5.97 Å². The minimum atomic E-state index is -1.21. The fourth-order valence-corrected chi connectivity index (χ4v) is 5.35. The third kappa shape index (κ3) is 4.74.